The molecular weight excluding hydrogens is 264 g/mol. The average molecular weight is 294 g/mol. The van der Waals surface area contributed by atoms with E-state index in [9.17, 15) is 0 Å². The van der Waals surface area contributed by atoms with Crippen LogP contribution < -0.4 is 37.7 Å². The van der Waals surface area contributed by atoms with E-state index in [1.807, 2.05) is 14.2 Å². The minimum Gasteiger partial charge on any atom is -0.667 e. The van der Waals surface area contributed by atoms with Gasteiger partial charge in [-0.1, -0.05) is 71.4 Å². The zero-order valence-corrected chi connectivity index (χ0v) is 16.4. The fraction of sp³-hybridized carbons (Fsp3) is 0.750. The molecule has 21 heavy (non-hydrogen) atoms. The van der Waals surface area contributed by atoms with Crippen molar-refractivity contribution in [3.8, 4) is 0 Å². The molecule has 5 heteroatoms. The van der Waals surface area contributed by atoms with Crippen LogP contribution in [0.1, 0.15) is 26.7 Å². The molecule has 2 aliphatic rings. The molecule has 2 nitrogen and oxygen atoms in total. The van der Waals surface area contributed by atoms with Crippen molar-refractivity contribution in [1.29, 1.82) is 0 Å². The molecule has 0 aromatic carbocycles. The number of hydrogen-bond acceptors (Lipinski definition) is 1. The third-order valence-electron chi connectivity index (χ3n) is 4.39. The third-order valence-corrected chi connectivity index (χ3v) is 7.98. The fourth-order valence-electron chi connectivity index (χ4n) is 3.16. The molecule has 1 fully saturated rings. The van der Waals surface area contributed by atoms with Crippen LogP contribution in [0.15, 0.2) is 24.3 Å². The second-order valence-electron chi connectivity index (χ2n) is 6.13. The summed E-state index contributed by atoms with van der Waals surface area (Å²) < 4.78 is 5.65. The molecular formula is C16H30Li2NOSi+. The van der Waals surface area contributed by atoms with Crippen molar-refractivity contribution in [3.63, 3.8) is 0 Å². The Morgan fingerprint density at radius 3 is 2.00 bits per heavy atom. The average Bonchev–Trinajstić information content (AvgIpc) is 2.79. The van der Waals surface area contributed by atoms with Gasteiger partial charge in [0, 0.05) is 13.0 Å². The predicted octanol–water partition coefficient (Wildman–Crippen LogP) is -1.23. The number of methoxy groups -OCH3 is 1. The Morgan fingerprint density at radius 1 is 1.10 bits per heavy atom. The quantitative estimate of drug-likeness (QED) is 0.598. The van der Waals surface area contributed by atoms with E-state index in [0.29, 0.717) is 17.9 Å². The first-order valence-electron chi connectivity index (χ1n) is 7.50. The van der Waals surface area contributed by atoms with E-state index in [1.165, 1.54) is 12.8 Å². The van der Waals surface area contributed by atoms with Gasteiger partial charge in [-0.15, -0.1) is 0 Å². The van der Waals surface area contributed by atoms with Gasteiger partial charge in [0.1, 0.15) is 0 Å². The summed E-state index contributed by atoms with van der Waals surface area (Å²) >= 11 is 0. The van der Waals surface area contributed by atoms with Crippen LogP contribution >= 0.6 is 0 Å². The molecule has 0 N–H and O–H groups in total. The maximum absolute atomic E-state index is 5.65. The Labute approximate surface area is 157 Å². The van der Waals surface area contributed by atoms with Crippen LogP contribution in [-0.4, -0.2) is 28.5 Å². The zero-order valence-electron chi connectivity index (χ0n) is 15.4. The van der Waals surface area contributed by atoms with Crippen LogP contribution in [0.2, 0.25) is 18.6 Å². The first-order chi connectivity index (χ1) is 9.01. The Balaban J connectivity index is 0. The van der Waals surface area contributed by atoms with Crippen molar-refractivity contribution in [2.45, 2.75) is 51.4 Å². The molecule has 4 atom stereocenters. The number of fused-ring (bicyclic) bond motifs is 1. The Hall–Kier alpha value is 0.812. The molecule has 2 aliphatic carbocycles. The molecule has 0 amide bonds. The van der Waals surface area contributed by atoms with Gasteiger partial charge in [0.15, 0.2) is 0 Å². The molecule has 110 valence electrons. The molecule has 0 radical (unpaired) electrons. The molecule has 0 saturated heterocycles. The minimum absolute atomic E-state index is 0. The van der Waals surface area contributed by atoms with Gasteiger partial charge < -0.3 is 9.72 Å². The monoisotopic (exact) mass is 294 g/mol. The summed E-state index contributed by atoms with van der Waals surface area (Å²) in [7, 11) is 2.38. The first-order valence-corrected chi connectivity index (χ1v) is 10.5. The summed E-state index contributed by atoms with van der Waals surface area (Å²) in [5.74, 6) is 1.23. The van der Waals surface area contributed by atoms with E-state index >= 15 is 0 Å². The number of rotatable bonds is 3. The van der Waals surface area contributed by atoms with Crippen LogP contribution in [0.3, 0.4) is 0 Å². The normalized spacial score (nSPS) is 29.6. The number of allylic oxidation sites excluding steroid dienone is 3. The van der Waals surface area contributed by atoms with E-state index in [1.54, 1.807) is 0 Å². The maximum atomic E-state index is 5.65. The van der Waals surface area contributed by atoms with Gasteiger partial charge in [-0.3, -0.25) is 0 Å². The van der Waals surface area contributed by atoms with Crippen LogP contribution in [0, 0.1) is 11.8 Å². The predicted molar refractivity (Wildman–Crippen MR) is 87.2 cm³/mol. The summed E-state index contributed by atoms with van der Waals surface area (Å²) in [5.41, 5.74) is 0.730. The van der Waals surface area contributed by atoms with Gasteiger partial charge in [0.05, 0.1) is 6.10 Å². The summed E-state index contributed by atoms with van der Waals surface area (Å²) in [6.07, 6.45) is 11.9. The fourth-order valence-corrected chi connectivity index (χ4v) is 5.57. The first kappa shape index (κ1) is 24.1. The molecule has 0 aromatic rings. The molecule has 0 aromatic heterocycles. The van der Waals surface area contributed by atoms with Gasteiger partial charge in [-0.05, 0) is 12.3 Å². The molecule has 1 saturated carbocycles. The Morgan fingerprint density at radius 2 is 1.57 bits per heavy atom. The Kier molecular flexibility index (Phi) is 13.0. The van der Waals surface area contributed by atoms with Crippen LogP contribution in [-0.2, 0) is 4.74 Å². The van der Waals surface area contributed by atoms with Crippen molar-refractivity contribution in [2.24, 2.45) is 11.8 Å². The molecule has 0 aliphatic heterocycles. The van der Waals surface area contributed by atoms with Gasteiger partial charge in [0.25, 0.3) is 0 Å². The van der Waals surface area contributed by atoms with Gasteiger partial charge in [0.2, 0.25) is 0 Å². The number of ether oxygens (including phenoxy) is 1. The minimum atomic E-state index is -1.45. The van der Waals surface area contributed by atoms with E-state index in [-0.39, 0.29) is 37.7 Å². The summed E-state index contributed by atoms with van der Waals surface area (Å²) in [4.78, 5) is 4.69. The van der Waals surface area contributed by atoms with E-state index in [4.69, 9.17) is 4.74 Å². The van der Waals surface area contributed by atoms with E-state index in [0.717, 1.165) is 5.54 Å². The molecule has 4 unspecified atom stereocenters. The molecule has 0 heterocycles. The van der Waals surface area contributed by atoms with Crippen molar-refractivity contribution >= 4 is 8.24 Å². The number of hydrogen-bond donors (Lipinski definition) is 0. The van der Waals surface area contributed by atoms with E-state index < -0.39 is 8.24 Å². The topological polar surface area (TPSA) is 23.3 Å². The van der Waals surface area contributed by atoms with Crippen molar-refractivity contribution < 1.29 is 42.5 Å². The number of nitrogens with zero attached hydrogens (tertiary/aromatic N) is 1. The Bertz CT molecular complexity index is 334. The molecule has 0 spiro atoms. The molecule has 2 rings (SSSR count). The van der Waals surface area contributed by atoms with E-state index in [2.05, 4.69) is 56.2 Å². The summed E-state index contributed by atoms with van der Waals surface area (Å²) in [6.45, 7) is 9.00. The largest absolute Gasteiger partial charge is 1.00 e. The van der Waals surface area contributed by atoms with Crippen LogP contribution in [0.4, 0.5) is 0 Å². The van der Waals surface area contributed by atoms with Gasteiger partial charge in [-0.25, -0.2) is 0 Å². The van der Waals surface area contributed by atoms with Crippen molar-refractivity contribution in [1.82, 2.24) is 0 Å². The second-order valence-corrected chi connectivity index (χ2v) is 10.6. The zero-order chi connectivity index (χ0) is 14.5. The van der Waals surface area contributed by atoms with Crippen LogP contribution in [0.25, 0.3) is 4.98 Å². The molecule has 0 bridgehead atoms. The summed E-state index contributed by atoms with van der Waals surface area (Å²) in [6, 6.07) is 0. The maximum Gasteiger partial charge on any atom is 1.00 e. The summed E-state index contributed by atoms with van der Waals surface area (Å²) in [5, 5.41) is 0. The van der Waals surface area contributed by atoms with Crippen LogP contribution in [0.5, 0.6) is 0 Å². The van der Waals surface area contributed by atoms with Crippen molar-refractivity contribution in [2.75, 3.05) is 14.2 Å². The van der Waals surface area contributed by atoms with Gasteiger partial charge in [-0.2, -0.15) is 7.05 Å². The standard InChI is InChI=1S/C13H22NOSi.C3H8.2Li/c1-14-16(3,4)13-9-12(15-2)10-7-5-6-8-11(10)13;1-3-2;;/h5-8,10-13H,9H2,1-4H3;3H2,1-2H3;;/q-1;;2*+1. The third kappa shape index (κ3) is 6.08. The van der Waals surface area contributed by atoms with Crippen molar-refractivity contribution in [3.05, 3.63) is 29.3 Å². The SMILES string of the molecule is CCC.C[N-][Si](C)(C)C1CC(OC)C2C=CC=CC21.[Li+].[Li+]. The van der Waals surface area contributed by atoms with Gasteiger partial charge >= 0.3 is 37.7 Å². The smallest absolute Gasteiger partial charge is 0.667 e. The second kappa shape index (κ2) is 11.4.